The number of likely N-dealkylation sites (tertiary alicyclic amines) is 1. The number of anilines is 1. The highest BCUT2D eigenvalue weighted by atomic mass is 32.2. The second-order valence-corrected chi connectivity index (χ2v) is 24.5. The molecule has 0 spiro atoms. The number of likely N-dealkylation sites (N-methyl/N-ethyl adjacent to an activating group) is 2. The lowest BCUT2D eigenvalue weighted by Crippen LogP contribution is -2.58. The Morgan fingerprint density at radius 1 is 0.835 bits per heavy atom. The molecule has 13 N–H and O–H groups in total. The van der Waals surface area contributed by atoms with Gasteiger partial charge in [-0.05, 0) is 57.0 Å². The molecule has 11 atom stereocenters. The number of Topliss-reactive ketones (excluding diaryl/α,β-unsaturated/α-hetero) is 1. The van der Waals surface area contributed by atoms with Crippen LogP contribution in [-0.2, 0) is 91.3 Å². The van der Waals surface area contributed by atoms with Crippen LogP contribution in [0.25, 0.3) is 10.9 Å². The van der Waals surface area contributed by atoms with Gasteiger partial charge in [-0.1, -0.05) is 50.1 Å². The van der Waals surface area contributed by atoms with Crippen molar-refractivity contribution in [3.8, 4) is 0 Å². The highest BCUT2D eigenvalue weighted by molar-refractivity contribution is 7.91. The van der Waals surface area contributed by atoms with E-state index < -0.39 is 192 Å². The zero-order valence-electron chi connectivity index (χ0n) is 50.8. The fraction of sp³-hybridized carbons (Fsp3) is 0.525. The van der Waals surface area contributed by atoms with Crippen LogP contribution < -0.4 is 53.2 Å². The minimum absolute atomic E-state index is 0.0603. The molecule has 1 aliphatic carbocycles. The number of thiol groups is 1. The minimum atomic E-state index is -2.30. The molecule has 1 aromatic heterocycles. The van der Waals surface area contributed by atoms with Crippen LogP contribution in [0.1, 0.15) is 82.8 Å². The van der Waals surface area contributed by atoms with Gasteiger partial charge in [-0.15, -0.1) is 0 Å². The first-order valence-electron chi connectivity index (χ1n) is 29.8. The second kappa shape index (κ2) is 34.2. The van der Waals surface area contributed by atoms with Crippen LogP contribution in [0, 0.1) is 11.8 Å². The Balaban J connectivity index is 1.22. The van der Waals surface area contributed by atoms with Crippen molar-refractivity contribution >= 4 is 123 Å². The summed E-state index contributed by atoms with van der Waals surface area (Å²) in [6.45, 7) is 0.558. The Kier molecular flexibility index (Phi) is 27.0. The predicted octanol–water partition coefficient (Wildman–Crippen LogP) is -3.63. The number of para-hydroxylation sites is 1. The number of aliphatic hydroxyl groups is 2. The number of hydrogen-bond acceptors (Lipinski definition) is 19. The molecule has 3 heterocycles. The highest BCUT2D eigenvalue weighted by Gasteiger charge is 2.46. The molecule has 1 saturated heterocycles. The average Bonchev–Trinajstić information content (AvgIpc) is 3.73. The van der Waals surface area contributed by atoms with E-state index in [0.29, 0.717) is 41.3 Å². The predicted molar refractivity (Wildman–Crippen MR) is 330 cm³/mol. The number of carbonyl (C=O) groups excluding carboxylic acids is 14. The molecular weight excluding hydrogens is 1230 g/mol. The van der Waals surface area contributed by atoms with Crippen molar-refractivity contribution in [3.05, 3.63) is 59.7 Å². The van der Waals surface area contributed by atoms with Crippen LogP contribution in [0.3, 0.4) is 0 Å². The molecule has 0 radical (unpaired) electrons. The topological polar surface area (TPSA) is 445 Å². The maximum Gasteiger partial charge on any atom is 0.248 e. The van der Waals surface area contributed by atoms with E-state index in [9.17, 15) is 77.1 Å². The number of ketones is 1. The zero-order chi connectivity index (χ0) is 66.6. The summed E-state index contributed by atoms with van der Waals surface area (Å²) in [5.41, 5.74) is 1.36. The van der Waals surface area contributed by atoms with Crippen molar-refractivity contribution in [1.29, 1.82) is 0 Å². The summed E-state index contributed by atoms with van der Waals surface area (Å²) >= 11 is 1.74. The summed E-state index contributed by atoms with van der Waals surface area (Å²) < 4.78 is 14.9. The van der Waals surface area contributed by atoms with Crippen LogP contribution in [0.15, 0.2) is 53.6 Å². The molecule has 0 bridgehead atoms. The number of aliphatic hydroxyl groups excluding tert-OH is 2. The normalized spacial score (nSPS) is 22.6. The maximum atomic E-state index is 15.0. The third kappa shape index (κ3) is 20.1. The van der Waals surface area contributed by atoms with Gasteiger partial charge < -0.3 is 82.6 Å². The lowest BCUT2D eigenvalue weighted by molar-refractivity contribution is -0.147. The molecule has 5 unspecified atom stereocenters. The Morgan fingerprint density at radius 2 is 1.53 bits per heavy atom. The van der Waals surface area contributed by atoms with Crippen LogP contribution >= 0.6 is 12.6 Å². The molecule has 494 valence electrons. The number of aldehydes is 1. The van der Waals surface area contributed by atoms with E-state index in [1.807, 2.05) is 0 Å². The average molecular weight is 1310 g/mol. The fourth-order valence-electron chi connectivity index (χ4n) is 10.8. The van der Waals surface area contributed by atoms with E-state index in [0.717, 1.165) is 9.80 Å². The molecule has 6 rings (SSSR count). The van der Waals surface area contributed by atoms with Crippen molar-refractivity contribution in [2.24, 2.45) is 11.8 Å². The van der Waals surface area contributed by atoms with Crippen LogP contribution in [0.2, 0.25) is 0 Å². The van der Waals surface area contributed by atoms with Gasteiger partial charge in [0.2, 0.25) is 75.9 Å². The van der Waals surface area contributed by atoms with Gasteiger partial charge in [-0.2, -0.15) is 12.6 Å². The van der Waals surface area contributed by atoms with E-state index >= 15 is 4.79 Å². The number of carbonyl (C=O) groups is 14. The van der Waals surface area contributed by atoms with Gasteiger partial charge in [0, 0.05) is 91.0 Å². The third-order valence-corrected chi connectivity index (χ3v) is 17.5. The standard InChI is InChI=1S/C59H79N13O17S2/c1-5-9-34(28-73)65-50(80)27-63-54(84)42-21-39-36-10-6-7-13-40(36)70-57(39)91(89)30-43(67-48(78)25-60-3)55(85)68-41(52(82)37-11-8-12-38(37)58(87)71(4)44(56(86)69-42)20-35(75)29-74)22-47(77)61-24-32-14-16-33(17-15-32)66-53(83)31(2)64-49(79)26-62-46(76)18-19-72-51(81)23-45(90)59(72)88/h6-7,10,13-17,28,31,34-35,37-38,41-45,60,70,74-75,90H,5,8-9,11-12,18-27,29-30H2,1-4H3,(H,61,77)(H,62,76)(H,63,84)(H,64,79)(H,65,80)(H,66,83)(H,67,78)(H,68,85)(H,69,86)/t31-,34?,35+,37?,38+,41-,42+,43-,44?,45?,91?/m0/s1. The van der Waals surface area contributed by atoms with Crippen molar-refractivity contribution in [1.82, 2.24) is 62.6 Å². The number of H-pyrrole nitrogens is 1. The molecule has 2 aromatic carbocycles. The number of aromatic amines is 1. The smallest absolute Gasteiger partial charge is 0.248 e. The van der Waals surface area contributed by atoms with Crippen molar-refractivity contribution < 1.29 is 81.9 Å². The number of benzene rings is 2. The molecular formula is C59H79N13O17S2. The second-order valence-electron chi connectivity index (χ2n) is 22.5. The first kappa shape index (κ1) is 71.8. The lowest BCUT2D eigenvalue weighted by Gasteiger charge is -2.33. The largest absolute Gasteiger partial charge is 0.610 e. The molecule has 91 heavy (non-hydrogen) atoms. The summed E-state index contributed by atoms with van der Waals surface area (Å²) in [6.07, 6.45) is -1.78. The van der Waals surface area contributed by atoms with E-state index in [-0.39, 0.29) is 62.3 Å². The summed E-state index contributed by atoms with van der Waals surface area (Å²) in [5, 5.41) is 46.0. The van der Waals surface area contributed by atoms with Crippen molar-refractivity contribution in [2.75, 3.05) is 58.0 Å². The van der Waals surface area contributed by atoms with Crippen LogP contribution in [0.4, 0.5) is 5.69 Å². The first-order chi connectivity index (χ1) is 43.4. The van der Waals surface area contributed by atoms with Gasteiger partial charge in [0.25, 0.3) is 0 Å². The van der Waals surface area contributed by atoms with E-state index in [2.05, 4.69) is 70.8 Å². The number of aromatic nitrogens is 1. The molecule has 2 aliphatic heterocycles. The SMILES string of the molecule is CCCC(C=O)NC(=O)CNC(=O)[C@H]1Cc2c([nH]c3ccccc23)[S+]([O-])C[C@H](NC(=O)CNC)C(=O)N[C@@H](CC(=O)NCc2ccc(NC(=O)[C@H](C)NC(=O)CNC(=O)CCN3C(=O)CC(S)C3=O)cc2)C(=O)C2CCC[C@H]2C(=O)N(C)C(C[C@@H](O)CO)C(=O)N1. The Hall–Kier alpha value is -8.30. The summed E-state index contributed by atoms with van der Waals surface area (Å²) in [5.74, 6) is -12.7. The lowest BCUT2D eigenvalue weighted by atomic mass is 9.85. The van der Waals surface area contributed by atoms with Crippen LogP contribution in [-0.4, -0.2) is 213 Å². The van der Waals surface area contributed by atoms with E-state index in [1.165, 1.54) is 33.2 Å². The molecule has 12 amide bonds. The van der Waals surface area contributed by atoms with Gasteiger partial charge in [-0.3, -0.25) is 67.2 Å². The highest BCUT2D eigenvalue weighted by Crippen LogP contribution is 2.36. The van der Waals surface area contributed by atoms with Gasteiger partial charge in [0.1, 0.15) is 30.2 Å². The number of imide groups is 1. The van der Waals surface area contributed by atoms with E-state index in [1.54, 1.807) is 43.3 Å². The Morgan fingerprint density at radius 3 is 2.20 bits per heavy atom. The third-order valence-electron chi connectivity index (χ3n) is 15.7. The van der Waals surface area contributed by atoms with E-state index in [4.69, 9.17) is 0 Å². The number of nitrogens with one attached hydrogen (secondary N) is 11. The Bertz CT molecular complexity index is 3200. The molecule has 1 saturated carbocycles. The zero-order valence-corrected chi connectivity index (χ0v) is 52.5. The van der Waals surface area contributed by atoms with Crippen LogP contribution in [0.5, 0.6) is 0 Å². The maximum absolute atomic E-state index is 15.0. The molecule has 32 heteroatoms. The van der Waals surface area contributed by atoms with Gasteiger partial charge in [-0.25, -0.2) is 0 Å². The summed E-state index contributed by atoms with van der Waals surface area (Å²) in [7, 11) is 2.70. The van der Waals surface area contributed by atoms with Gasteiger partial charge in [0.05, 0.1) is 56.1 Å². The van der Waals surface area contributed by atoms with Crippen molar-refractivity contribution in [2.45, 2.75) is 137 Å². The molecule has 3 aromatic rings. The van der Waals surface area contributed by atoms with Gasteiger partial charge in [0.15, 0.2) is 11.8 Å². The molecule has 30 nitrogen and oxygen atoms in total. The quantitative estimate of drug-likeness (QED) is 0.0168. The number of hydrogen-bond donors (Lipinski definition) is 14. The molecule has 2 fully saturated rings. The first-order valence-corrected chi connectivity index (χ1v) is 31.6. The summed E-state index contributed by atoms with van der Waals surface area (Å²) in [6, 6.07) is 4.16. The minimum Gasteiger partial charge on any atom is -0.610 e. The number of amides is 12. The summed E-state index contributed by atoms with van der Waals surface area (Å²) in [4.78, 5) is 192. The Labute approximate surface area is 532 Å². The fourth-order valence-corrected chi connectivity index (χ4v) is 12.5. The van der Waals surface area contributed by atoms with Crippen molar-refractivity contribution in [3.63, 3.8) is 0 Å². The molecule has 3 aliphatic rings. The van der Waals surface area contributed by atoms with Gasteiger partial charge >= 0.3 is 0 Å². The number of nitrogens with zero attached hydrogens (tertiary/aromatic N) is 2. The monoisotopic (exact) mass is 1310 g/mol. The number of rotatable bonds is 25. The number of fused-ring (bicyclic) bond motifs is 4.